The molecule has 1 unspecified atom stereocenters. The number of aldehydes is 1. The van der Waals surface area contributed by atoms with Crippen LogP contribution < -0.4 is 21.3 Å². The first-order valence-electron chi connectivity index (χ1n) is 22.8. The Morgan fingerprint density at radius 3 is 1.71 bits per heavy atom. The number of likely N-dealkylation sites (N-methyl/N-ethyl adjacent to an activating group) is 1. The van der Waals surface area contributed by atoms with Gasteiger partial charge in [-0.2, -0.15) is 0 Å². The van der Waals surface area contributed by atoms with E-state index >= 15 is 0 Å². The monoisotopic (exact) mass is 977 g/mol. The van der Waals surface area contributed by atoms with Gasteiger partial charge in [0.25, 0.3) is 5.91 Å². The Morgan fingerprint density at radius 2 is 1.20 bits per heavy atom. The van der Waals surface area contributed by atoms with E-state index in [2.05, 4.69) is 31.2 Å². The number of rotatable bonds is 42. The van der Waals surface area contributed by atoms with Crippen LogP contribution in [0.2, 0.25) is 0 Å². The van der Waals surface area contributed by atoms with Gasteiger partial charge in [0.2, 0.25) is 23.7 Å². The number of allylic oxidation sites excluding steroid dienone is 1. The number of aliphatic carboxylic acids is 1. The zero-order valence-electron chi connectivity index (χ0n) is 40.0. The topological polar surface area (TPSA) is 294 Å². The molecule has 0 aliphatic carbocycles. The molecule has 6 N–H and O–H groups in total. The molecule has 1 aromatic heterocycles. The summed E-state index contributed by atoms with van der Waals surface area (Å²) >= 11 is 0. The average molecular weight is 978 g/mol. The van der Waals surface area contributed by atoms with Crippen LogP contribution in [0.25, 0.3) is 0 Å². The Bertz CT molecular complexity index is 1820. The Balaban J connectivity index is 1.35. The maximum Gasteiger partial charge on any atom is 0.328 e. The van der Waals surface area contributed by atoms with Crippen molar-refractivity contribution in [1.82, 2.24) is 30.8 Å². The number of benzene rings is 1. The largest absolute Gasteiger partial charge is 0.508 e. The minimum Gasteiger partial charge on any atom is -0.508 e. The molecule has 1 atom stereocenters. The third-order valence-corrected chi connectivity index (χ3v) is 9.45. The number of carbonyl (C=O) groups excluding carboxylic acids is 5. The normalized spacial score (nSPS) is 11.6. The Hall–Kier alpha value is -5.66. The van der Waals surface area contributed by atoms with Crippen LogP contribution in [0.1, 0.15) is 46.6 Å². The molecular formula is C46H71N7O16. The van der Waals surface area contributed by atoms with E-state index in [9.17, 15) is 39.0 Å². The molecule has 2 rings (SSSR count). The summed E-state index contributed by atoms with van der Waals surface area (Å²) < 4.78 is 43.6. The summed E-state index contributed by atoms with van der Waals surface area (Å²) in [5.74, 6) is -2.44. The molecule has 0 spiro atoms. The quantitative estimate of drug-likeness (QED) is 0.0298. The highest BCUT2D eigenvalue weighted by atomic mass is 16.6. The van der Waals surface area contributed by atoms with E-state index in [1.807, 2.05) is 6.07 Å². The number of aromatic hydroxyl groups is 1. The van der Waals surface area contributed by atoms with E-state index in [-0.39, 0.29) is 62.3 Å². The minimum atomic E-state index is -1.39. The SMILES string of the molecule is Cc1nc(NCCCc2cccc(O)c2)nc(C)c1C(=O)NC(CNC(=O)CCOCCOCCOCCOCCOCCOCCOCCOCCNC(=O)CCN(C)C(=O)/C=C\C=O)C(=O)O. The highest BCUT2D eigenvalue weighted by Crippen LogP contribution is 2.15. The molecule has 1 aromatic carbocycles. The molecule has 4 amide bonds. The molecule has 69 heavy (non-hydrogen) atoms. The third kappa shape index (κ3) is 29.8. The second kappa shape index (κ2) is 38.2. The van der Waals surface area contributed by atoms with Crippen molar-refractivity contribution in [2.45, 2.75) is 45.6 Å². The number of nitrogens with one attached hydrogen (secondary N) is 4. The Morgan fingerprint density at radius 1 is 0.696 bits per heavy atom. The van der Waals surface area contributed by atoms with E-state index in [1.54, 1.807) is 39.1 Å². The molecule has 1 heterocycles. The first-order valence-corrected chi connectivity index (χ1v) is 22.8. The number of phenolic OH excluding ortho intramolecular Hbond substituents is 1. The van der Waals surface area contributed by atoms with Gasteiger partial charge >= 0.3 is 5.97 Å². The van der Waals surface area contributed by atoms with Crippen LogP contribution in [0.15, 0.2) is 36.4 Å². The van der Waals surface area contributed by atoms with Gasteiger partial charge < -0.3 is 74.3 Å². The van der Waals surface area contributed by atoms with Crippen LogP contribution in [-0.4, -0.2) is 206 Å². The molecular weight excluding hydrogens is 907 g/mol. The van der Waals surface area contributed by atoms with Crippen molar-refractivity contribution >= 4 is 41.8 Å². The molecule has 0 saturated heterocycles. The first kappa shape index (κ1) is 59.5. The summed E-state index contributed by atoms with van der Waals surface area (Å²) in [6.45, 7) is 9.74. The molecule has 0 radical (unpaired) electrons. The van der Waals surface area contributed by atoms with Crippen molar-refractivity contribution in [3.8, 4) is 5.75 Å². The number of carbonyl (C=O) groups is 6. The smallest absolute Gasteiger partial charge is 0.328 e. The maximum absolute atomic E-state index is 13.1. The van der Waals surface area contributed by atoms with Gasteiger partial charge in [0.15, 0.2) is 0 Å². The standard InChI is InChI=1S/C46H71N7O16/c1-35-43(36(2)51-46(50-35)48-13-5-8-37-7-4-9-38(55)33-37)44(59)52-39(45(60)61)34-49-41(57)12-17-62-19-21-64-23-25-66-27-29-68-31-32-69-30-28-67-26-24-65-22-20-63-18-14-47-40(56)11-15-53(3)42(58)10-6-16-54/h4,6-7,9-10,16,33,39,55H,5,8,11-15,17-32,34H2,1-3H3,(H,47,56)(H,49,57)(H,52,59)(H,60,61)(H,48,50,51)/b10-6-. The molecule has 23 heteroatoms. The molecule has 0 aliphatic heterocycles. The molecule has 2 aromatic rings. The second-order valence-corrected chi connectivity index (χ2v) is 15.0. The number of aromatic nitrogens is 2. The van der Waals surface area contributed by atoms with Gasteiger partial charge in [0.05, 0.1) is 123 Å². The van der Waals surface area contributed by atoms with Crippen LogP contribution in [0.5, 0.6) is 5.75 Å². The van der Waals surface area contributed by atoms with Crippen molar-refractivity contribution in [2.75, 3.05) is 144 Å². The van der Waals surface area contributed by atoms with Crippen LogP contribution in [0, 0.1) is 13.8 Å². The van der Waals surface area contributed by atoms with E-state index in [0.717, 1.165) is 30.6 Å². The van der Waals surface area contributed by atoms with Gasteiger partial charge in [0, 0.05) is 52.1 Å². The molecule has 0 aliphatic rings. The zero-order valence-corrected chi connectivity index (χ0v) is 40.0. The maximum atomic E-state index is 13.1. The highest BCUT2D eigenvalue weighted by molar-refractivity contribution is 5.98. The number of amides is 4. The summed E-state index contributed by atoms with van der Waals surface area (Å²) in [6, 6.07) is 5.65. The number of hydrogen-bond acceptors (Lipinski definition) is 18. The van der Waals surface area contributed by atoms with E-state index < -0.39 is 23.8 Å². The number of anilines is 1. The number of ether oxygens (including phenoxy) is 8. The van der Waals surface area contributed by atoms with Crippen LogP contribution >= 0.6 is 0 Å². The number of carboxylic acid groups (broad SMARTS) is 1. The van der Waals surface area contributed by atoms with Crippen molar-refractivity contribution < 1.29 is 76.9 Å². The van der Waals surface area contributed by atoms with Crippen molar-refractivity contribution in [1.29, 1.82) is 0 Å². The summed E-state index contributed by atoms with van der Waals surface area (Å²) in [5.41, 5.74) is 1.87. The lowest BCUT2D eigenvalue weighted by Crippen LogP contribution is -2.48. The first-order chi connectivity index (χ1) is 33.4. The summed E-state index contributed by atoms with van der Waals surface area (Å²) in [4.78, 5) is 81.2. The van der Waals surface area contributed by atoms with E-state index in [0.29, 0.717) is 129 Å². The van der Waals surface area contributed by atoms with Gasteiger partial charge in [-0.05, 0) is 50.5 Å². The van der Waals surface area contributed by atoms with Crippen molar-refractivity contribution in [2.24, 2.45) is 0 Å². The fraction of sp³-hybridized carbons (Fsp3) is 0.609. The predicted octanol–water partition coefficient (Wildman–Crippen LogP) is 0.386. The lowest BCUT2D eigenvalue weighted by Gasteiger charge is -2.17. The summed E-state index contributed by atoms with van der Waals surface area (Å²) in [5, 5.41) is 30.1. The Labute approximate surface area is 403 Å². The highest BCUT2D eigenvalue weighted by Gasteiger charge is 2.24. The predicted molar refractivity (Wildman–Crippen MR) is 250 cm³/mol. The number of carboxylic acids is 1. The fourth-order valence-electron chi connectivity index (χ4n) is 5.85. The Kier molecular flexibility index (Phi) is 32.9. The van der Waals surface area contributed by atoms with Crippen LogP contribution in [0.4, 0.5) is 5.95 Å². The summed E-state index contributed by atoms with van der Waals surface area (Å²) in [7, 11) is 1.55. The van der Waals surface area contributed by atoms with Crippen molar-refractivity contribution in [3.05, 3.63) is 58.9 Å². The number of aryl methyl sites for hydroxylation is 3. The fourth-order valence-corrected chi connectivity index (χ4v) is 5.85. The van der Waals surface area contributed by atoms with Crippen molar-refractivity contribution in [3.63, 3.8) is 0 Å². The number of phenols is 1. The van der Waals surface area contributed by atoms with Gasteiger partial charge in [-0.1, -0.05) is 12.1 Å². The van der Waals surface area contributed by atoms with Gasteiger partial charge in [-0.3, -0.25) is 24.0 Å². The number of hydrogen-bond donors (Lipinski definition) is 6. The third-order valence-electron chi connectivity index (χ3n) is 9.45. The molecule has 0 fully saturated rings. The molecule has 0 saturated carbocycles. The van der Waals surface area contributed by atoms with Gasteiger partial charge in [-0.25, -0.2) is 14.8 Å². The van der Waals surface area contributed by atoms with Crippen LogP contribution in [0.3, 0.4) is 0 Å². The lowest BCUT2D eigenvalue weighted by molar-refractivity contribution is -0.139. The number of nitrogens with zero attached hydrogens (tertiary/aromatic N) is 3. The molecule has 386 valence electrons. The zero-order chi connectivity index (χ0) is 50.3. The minimum absolute atomic E-state index is 0.0174. The van der Waals surface area contributed by atoms with E-state index in [1.165, 1.54) is 4.90 Å². The molecule has 0 bridgehead atoms. The van der Waals surface area contributed by atoms with E-state index in [4.69, 9.17) is 37.9 Å². The average Bonchev–Trinajstić information content (AvgIpc) is 3.32. The lowest BCUT2D eigenvalue weighted by atomic mass is 10.1. The second-order valence-electron chi connectivity index (χ2n) is 15.0. The van der Waals surface area contributed by atoms with Gasteiger partial charge in [0.1, 0.15) is 18.1 Å². The van der Waals surface area contributed by atoms with Crippen LogP contribution in [-0.2, 0) is 68.3 Å². The summed E-state index contributed by atoms with van der Waals surface area (Å²) in [6.07, 6.45) is 4.38. The van der Waals surface area contributed by atoms with Gasteiger partial charge in [-0.15, -0.1) is 0 Å². The molecule has 23 nitrogen and oxygen atoms in total.